The van der Waals surface area contributed by atoms with Crippen molar-refractivity contribution in [2.45, 2.75) is 5.92 Å². The third kappa shape index (κ3) is 3.98. The summed E-state index contributed by atoms with van der Waals surface area (Å²) >= 11 is 6.32. The molecular weight excluding hydrogens is 488 g/mol. The van der Waals surface area contributed by atoms with Crippen LogP contribution in [0.3, 0.4) is 0 Å². The van der Waals surface area contributed by atoms with E-state index in [0.717, 1.165) is 32.9 Å². The van der Waals surface area contributed by atoms with Crippen LogP contribution in [0.25, 0.3) is 21.7 Å². The smallest absolute Gasteiger partial charge is 0.274 e. The molecular formula is C29H24ClN4O3+. The highest BCUT2D eigenvalue weighted by atomic mass is 35.5. The number of aromatic amines is 1. The summed E-state index contributed by atoms with van der Waals surface area (Å²) in [6, 6.07) is 23.5. The Labute approximate surface area is 217 Å². The Bertz CT molecular complexity index is 1690. The predicted octanol–water partition coefficient (Wildman–Crippen LogP) is 5.14. The minimum absolute atomic E-state index is 0.0464. The second-order valence-electron chi connectivity index (χ2n) is 9.28. The van der Waals surface area contributed by atoms with Gasteiger partial charge in [0.2, 0.25) is 0 Å². The van der Waals surface area contributed by atoms with Crippen molar-refractivity contribution in [1.29, 1.82) is 0 Å². The lowest BCUT2D eigenvalue weighted by molar-refractivity contribution is -0.254. The fourth-order valence-corrected chi connectivity index (χ4v) is 5.33. The number of alkyl halides is 1. The maximum absolute atomic E-state index is 13.7. The Morgan fingerprint density at radius 3 is 2.54 bits per heavy atom. The van der Waals surface area contributed by atoms with Crippen molar-refractivity contribution < 1.29 is 20.4 Å². The van der Waals surface area contributed by atoms with Gasteiger partial charge in [-0.25, -0.2) is 0 Å². The standard InChI is InChI=1S/C29H23ClN4O3/c30-14-18-15-34(25-13-26(35)21-3-1-2-4-22(21)27(18)25)29(37)24-12-17-11-20(9-10-23(17)33-24)32-28(36)16-5-7-19(31)8-6-16/h1-13,18,33,35H,14-15,31H2,(H,32,36)/p+1. The number of phenolic OH excluding ortho intramolecular Hbond substituents is 1. The SMILES string of the molecule is [NH3+]c1ccc(C(=O)Nc2ccc3[nH]c(C(=O)N4CC(CCl)c5c4cc(O)c4ccccc54)cc3c2)cc1. The molecule has 2 heterocycles. The van der Waals surface area contributed by atoms with Crippen LogP contribution in [0.4, 0.5) is 17.1 Å². The van der Waals surface area contributed by atoms with Crippen LogP contribution in [-0.2, 0) is 0 Å². The molecule has 2 amide bonds. The fraction of sp³-hybridized carbons (Fsp3) is 0.103. The van der Waals surface area contributed by atoms with E-state index < -0.39 is 0 Å². The number of amides is 2. The molecule has 0 radical (unpaired) electrons. The summed E-state index contributed by atoms with van der Waals surface area (Å²) in [5.74, 6) is 0.00966. The Balaban J connectivity index is 1.31. The van der Waals surface area contributed by atoms with Crippen LogP contribution in [0.5, 0.6) is 5.75 Å². The molecule has 184 valence electrons. The van der Waals surface area contributed by atoms with Crippen LogP contribution in [0.15, 0.2) is 78.9 Å². The summed E-state index contributed by atoms with van der Waals surface area (Å²) in [5.41, 5.74) is 8.68. The Kier molecular flexibility index (Phi) is 5.59. The zero-order valence-corrected chi connectivity index (χ0v) is 20.5. The van der Waals surface area contributed by atoms with Crippen molar-refractivity contribution in [2.75, 3.05) is 22.6 Å². The Morgan fingerprint density at radius 2 is 1.78 bits per heavy atom. The Hall–Kier alpha value is -4.33. The molecule has 1 atom stereocenters. The molecule has 0 bridgehead atoms. The lowest BCUT2D eigenvalue weighted by Crippen LogP contribution is -2.39. The van der Waals surface area contributed by atoms with Crippen molar-refractivity contribution in [3.63, 3.8) is 0 Å². The summed E-state index contributed by atoms with van der Waals surface area (Å²) in [5, 5.41) is 16.0. The van der Waals surface area contributed by atoms with Gasteiger partial charge in [0, 0.05) is 51.9 Å². The van der Waals surface area contributed by atoms with Gasteiger partial charge in [0.15, 0.2) is 0 Å². The number of aromatic hydroxyl groups is 1. The molecule has 6 N–H and O–H groups in total. The summed E-state index contributed by atoms with van der Waals surface area (Å²) in [7, 11) is 0. The number of quaternary nitrogens is 1. The number of anilines is 2. The highest BCUT2D eigenvalue weighted by molar-refractivity contribution is 6.19. The number of halogens is 1. The highest BCUT2D eigenvalue weighted by Gasteiger charge is 2.35. The van der Waals surface area contributed by atoms with Gasteiger partial charge < -0.3 is 26.0 Å². The predicted molar refractivity (Wildman–Crippen MR) is 146 cm³/mol. The maximum Gasteiger partial charge on any atom is 0.274 e. The number of fused-ring (bicyclic) bond motifs is 4. The van der Waals surface area contributed by atoms with Crippen LogP contribution in [0.2, 0.25) is 0 Å². The van der Waals surface area contributed by atoms with E-state index >= 15 is 0 Å². The molecule has 5 aromatic rings. The lowest BCUT2D eigenvalue weighted by atomic mass is 9.95. The van der Waals surface area contributed by atoms with Crippen molar-refractivity contribution in [2.24, 2.45) is 0 Å². The van der Waals surface area contributed by atoms with E-state index in [9.17, 15) is 14.7 Å². The van der Waals surface area contributed by atoms with Gasteiger partial charge in [-0.1, -0.05) is 24.3 Å². The molecule has 37 heavy (non-hydrogen) atoms. The van der Waals surface area contributed by atoms with Crippen molar-refractivity contribution in [3.8, 4) is 5.75 Å². The van der Waals surface area contributed by atoms with Crippen molar-refractivity contribution >= 4 is 62.2 Å². The normalized spacial score (nSPS) is 14.8. The number of rotatable bonds is 4. The van der Waals surface area contributed by atoms with Gasteiger partial charge in [0.05, 0.1) is 5.69 Å². The number of H-pyrrole nitrogens is 1. The van der Waals surface area contributed by atoms with Crippen LogP contribution >= 0.6 is 11.6 Å². The monoisotopic (exact) mass is 511 g/mol. The molecule has 0 spiro atoms. The van der Waals surface area contributed by atoms with E-state index in [1.165, 1.54) is 0 Å². The van der Waals surface area contributed by atoms with Crippen LogP contribution in [-0.4, -0.2) is 34.3 Å². The van der Waals surface area contributed by atoms with E-state index in [-0.39, 0.29) is 23.5 Å². The van der Waals surface area contributed by atoms with Gasteiger partial charge in [0.25, 0.3) is 11.8 Å². The third-order valence-corrected chi connectivity index (χ3v) is 7.27. The molecule has 1 unspecified atom stereocenters. The number of carbonyl (C=O) groups excluding carboxylic acids is 2. The third-order valence-electron chi connectivity index (χ3n) is 6.90. The fourth-order valence-electron chi connectivity index (χ4n) is 5.08. The molecule has 1 aliphatic heterocycles. The number of hydrogen-bond acceptors (Lipinski definition) is 3. The number of hydrogen-bond donors (Lipinski definition) is 4. The summed E-state index contributed by atoms with van der Waals surface area (Å²) in [6.07, 6.45) is 0. The molecule has 0 saturated heterocycles. The minimum atomic E-state index is -0.223. The van der Waals surface area contributed by atoms with Gasteiger partial charge in [-0.3, -0.25) is 9.59 Å². The van der Waals surface area contributed by atoms with Crippen LogP contribution in [0, 0.1) is 0 Å². The zero-order chi connectivity index (χ0) is 25.7. The number of phenols is 1. The first-order chi connectivity index (χ1) is 17.9. The Morgan fingerprint density at radius 1 is 1.03 bits per heavy atom. The first-order valence-electron chi connectivity index (χ1n) is 11.9. The second-order valence-corrected chi connectivity index (χ2v) is 9.59. The van der Waals surface area contributed by atoms with Crippen molar-refractivity contribution in [3.05, 3.63) is 95.7 Å². The first kappa shape index (κ1) is 23.1. The molecule has 7 nitrogen and oxygen atoms in total. The molecule has 4 aromatic carbocycles. The molecule has 0 saturated carbocycles. The number of aromatic nitrogens is 1. The van der Waals surface area contributed by atoms with Crippen molar-refractivity contribution in [1.82, 2.24) is 4.98 Å². The van der Waals surface area contributed by atoms with E-state index in [0.29, 0.717) is 35.1 Å². The van der Waals surface area contributed by atoms with Gasteiger partial charge in [0.1, 0.15) is 17.1 Å². The van der Waals surface area contributed by atoms with E-state index in [1.54, 1.807) is 47.4 Å². The average molecular weight is 512 g/mol. The summed E-state index contributed by atoms with van der Waals surface area (Å²) in [6.45, 7) is 0.424. The molecule has 0 aliphatic carbocycles. The minimum Gasteiger partial charge on any atom is -0.507 e. The van der Waals surface area contributed by atoms with Crippen LogP contribution in [0.1, 0.15) is 32.3 Å². The van der Waals surface area contributed by atoms with Gasteiger partial charge >= 0.3 is 0 Å². The van der Waals surface area contributed by atoms with E-state index in [2.05, 4.69) is 16.0 Å². The molecule has 8 heteroatoms. The largest absolute Gasteiger partial charge is 0.507 e. The molecule has 1 aliphatic rings. The number of nitrogens with zero attached hydrogens (tertiary/aromatic N) is 1. The summed E-state index contributed by atoms with van der Waals surface area (Å²) < 4.78 is 0. The van der Waals surface area contributed by atoms with E-state index in [1.807, 2.05) is 36.4 Å². The quantitative estimate of drug-likeness (QED) is 0.251. The maximum atomic E-state index is 13.7. The van der Waals surface area contributed by atoms with Crippen LogP contribution < -0.4 is 16.0 Å². The second kappa shape index (κ2) is 8.96. The van der Waals surface area contributed by atoms with Gasteiger partial charge in [-0.15, -0.1) is 11.6 Å². The first-order valence-corrected chi connectivity index (χ1v) is 12.4. The topological polar surface area (TPSA) is 113 Å². The van der Waals surface area contributed by atoms with Gasteiger partial charge in [-0.05, 0) is 59.5 Å². The van der Waals surface area contributed by atoms with Gasteiger partial charge in [-0.2, -0.15) is 0 Å². The van der Waals surface area contributed by atoms with E-state index in [4.69, 9.17) is 11.6 Å². The highest BCUT2D eigenvalue weighted by Crippen LogP contribution is 2.45. The summed E-state index contributed by atoms with van der Waals surface area (Å²) in [4.78, 5) is 31.1. The number of benzene rings is 4. The zero-order valence-electron chi connectivity index (χ0n) is 19.8. The molecule has 6 rings (SSSR count). The number of nitrogens with one attached hydrogen (secondary N) is 2. The average Bonchev–Trinajstić information content (AvgIpc) is 3.50. The lowest BCUT2D eigenvalue weighted by Gasteiger charge is -2.17. The molecule has 1 aromatic heterocycles. The molecule has 0 fully saturated rings. The number of carbonyl (C=O) groups is 2.